The van der Waals surface area contributed by atoms with Crippen LogP contribution in [0.25, 0.3) is 0 Å². The number of hydrogen-bond acceptors (Lipinski definition) is 6. The van der Waals surface area contributed by atoms with Crippen molar-refractivity contribution in [1.82, 2.24) is 5.32 Å². The lowest BCUT2D eigenvalue weighted by atomic mass is 10.1. The van der Waals surface area contributed by atoms with Crippen molar-refractivity contribution < 1.29 is 27.4 Å². The first-order chi connectivity index (χ1) is 17.9. The van der Waals surface area contributed by atoms with E-state index in [2.05, 4.69) is 5.32 Å². The van der Waals surface area contributed by atoms with Crippen LogP contribution in [-0.4, -0.2) is 45.1 Å². The van der Waals surface area contributed by atoms with Crippen molar-refractivity contribution in [2.45, 2.75) is 43.3 Å². The average Bonchev–Trinajstić information content (AvgIpc) is 2.92. The molecule has 0 aromatic heterocycles. The fourth-order valence-electron chi connectivity index (χ4n) is 3.82. The van der Waals surface area contributed by atoms with E-state index in [-0.39, 0.29) is 11.5 Å². The monoisotopic (exact) mass is 521 g/mol. The zero-order valence-corrected chi connectivity index (χ0v) is 21.5. The second-order valence-corrected chi connectivity index (χ2v) is 10.8. The van der Waals surface area contributed by atoms with Crippen molar-refractivity contribution in [3.63, 3.8) is 0 Å². The molecule has 0 radical (unpaired) electrons. The van der Waals surface area contributed by atoms with Crippen LogP contribution in [0.15, 0.2) is 102 Å². The molecule has 3 atom stereocenters. The van der Waals surface area contributed by atoms with Crippen LogP contribution in [0.1, 0.15) is 16.7 Å². The molecule has 3 aromatic rings. The molecule has 0 saturated carbocycles. The lowest BCUT2D eigenvalue weighted by Crippen LogP contribution is -2.46. The molecule has 0 bridgehead atoms. The molecule has 1 unspecified atom stereocenters. The first kappa shape index (κ1) is 26.8. The highest BCUT2D eigenvalue weighted by Crippen LogP contribution is 2.20. The van der Waals surface area contributed by atoms with Crippen LogP contribution >= 0.6 is 0 Å². The molecule has 1 amide bonds. The first-order valence-electron chi connectivity index (χ1n) is 12.1. The first-order valence-corrected chi connectivity index (χ1v) is 13.7. The largest absolute Gasteiger partial charge is 0.374 e. The Labute approximate surface area is 218 Å². The van der Waals surface area contributed by atoms with Crippen molar-refractivity contribution >= 4 is 15.7 Å². The molecule has 1 heterocycles. The third-order valence-electron chi connectivity index (χ3n) is 5.92. The van der Waals surface area contributed by atoms with Gasteiger partial charge < -0.3 is 19.5 Å². The van der Waals surface area contributed by atoms with E-state index in [9.17, 15) is 13.2 Å². The van der Waals surface area contributed by atoms with Gasteiger partial charge in [0.25, 0.3) is 5.91 Å². The molecular formula is C29H31NO6S. The van der Waals surface area contributed by atoms with E-state index in [1.807, 2.05) is 67.6 Å². The summed E-state index contributed by atoms with van der Waals surface area (Å²) in [5.41, 5.74) is 2.99. The zero-order chi connectivity index (χ0) is 26.1. The number of rotatable bonds is 11. The molecule has 0 aliphatic carbocycles. The van der Waals surface area contributed by atoms with Crippen molar-refractivity contribution in [2.75, 3.05) is 12.5 Å². The summed E-state index contributed by atoms with van der Waals surface area (Å²) >= 11 is 0. The van der Waals surface area contributed by atoms with Crippen molar-refractivity contribution in [2.24, 2.45) is 0 Å². The quantitative estimate of drug-likeness (QED) is 0.384. The van der Waals surface area contributed by atoms with Gasteiger partial charge in [-0.1, -0.05) is 84.4 Å². The summed E-state index contributed by atoms with van der Waals surface area (Å²) in [6.07, 6.45) is 1.42. The van der Waals surface area contributed by atoms with Gasteiger partial charge >= 0.3 is 0 Å². The van der Waals surface area contributed by atoms with Gasteiger partial charge in [-0.05, 0) is 36.3 Å². The SMILES string of the molecule is Cc1ccc(S(=O)(=O)CNC(=O)C2C=C[C@H](OCc3ccccc3)[C@@H](COCc3ccccc3)O2)cc1. The maximum Gasteiger partial charge on any atom is 0.253 e. The van der Waals surface area contributed by atoms with E-state index in [1.54, 1.807) is 24.3 Å². The highest BCUT2D eigenvalue weighted by molar-refractivity contribution is 7.91. The van der Waals surface area contributed by atoms with E-state index in [0.717, 1.165) is 16.7 Å². The number of carbonyl (C=O) groups is 1. The minimum absolute atomic E-state index is 0.153. The summed E-state index contributed by atoms with van der Waals surface area (Å²) in [5.74, 6) is -1.06. The Hall–Kier alpha value is -3.30. The maximum atomic E-state index is 12.8. The molecule has 0 saturated heterocycles. The van der Waals surface area contributed by atoms with Gasteiger partial charge in [0.2, 0.25) is 0 Å². The Bertz CT molecular complexity index is 1280. The summed E-state index contributed by atoms with van der Waals surface area (Å²) in [7, 11) is -3.68. The molecule has 3 aromatic carbocycles. The third kappa shape index (κ3) is 7.84. The Morgan fingerprint density at radius 1 is 0.865 bits per heavy atom. The normalized spacial score (nSPS) is 19.4. The van der Waals surface area contributed by atoms with Crippen LogP contribution < -0.4 is 5.32 Å². The number of sulfone groups is 1. The minimum atomic E-state index is -3.68. The number of benzene rings is 3. The van der Waals surface area contributed by atoms with Gasteiger partial charge in [-0.2, -0.15) is 0 Å². The summed E-state index contributed by atoms with van der Waals surface area (Å²) < 4.78 is 43.2. The number of amides is 1. The summed E-state index contributed by atoms with van der Waals surface area (Å²) in [4.78, 5) is 13.0. The lowest BCUT2D eigenvalue weighted by Gasteiger charge is -2.31. The van der Waals surface area contributed by atoms with E-state index in [0.29, 0.717) is 13.2 Å². The predicted octanol–water partition coefficient (Wildman–Crippen LogP) is 3.97. The van der Waals surface area contributed by atoms with Gasteiger partial charge in [0.15, 0.2) is 15.9 Å². The van der Waals surface area contributed by atoms with Crippen LogP contribution in [0.5, 0.6) is 0 Å². The topological polar surface area (TPSA) is 90.9 Å². The fourth-order valence-corrected chi connectivity index (χ4v) is 4.87. The maximum absolute atomic E-state index is 12.8. The molecule has 4 rings (SSSR count). The number of hydrogen-bond donors (Lipinski definition) is 1. The average molecular weight is 522 g/mol. The highest BCUT2D eigenvalue weighted by atomic mass is 32.2. The fraction of sp³-hybridized carbons (Fsp3) is 0.276. The van der Waals surface area contributed by atoms with Gasteiger partial charge in [-0.3, -0.25) is 4.79 Å². The summed E-state index contributed by atoms with van der Waals surface area (Å²) in [6, 6.07) is 26.0. The second-order valence-electron chi connectivity index (χ2n) is 8.86. The summed E-state index contributed by atoms with van der Waals surface area (Å²) in [5, 5.41) is 2.50. The predicted molar refractivity (Wildman–Crippen MR) is 140 cm³/mol. The molecule has 0 fully saturated rings. The van der Waals surface area contributed by atoms with Gasteiger partial charge in [-0.25, -0.2) is 8.42 Å². The van der Waals surface area contributed by atoms with E-state index >= 15 is 0 Å². The molecule has 0 spiro atoms. The molecule has 37 heavy (non-hydrogen) atoms. The molecule has 1 N–H and O–H groups in total. The van der Waals surface area contributed by atoms with Crippen molar-refractivity contribution in [1.29, 1.82) is 0 Å². The Balaban J connectivity index is 1.38. The van der Waals surface area contributed by atoms with Crippen LogP contribution in [0.3, 0.4) is 0 Å². The van der Waals surface area contributed by atoms with Crippen molar-refractivity contribution in [3.8, 4) is 0 Å². The summed E-state index contributed by atoms with van der Waals surface area (Å²) in [6.45, 7) is 2.84. The number of nitrogens with one attached hydrogen (secondary N) is 1. The molecule has 8 heteroatoms. The third-order valence-corrected chi connectivity index (χ3v) is 7.43. The van der Waals surface area contributed by atoms with E-state index in [4.69, 9.17) is 14.2 Å². The second kappa shape index (κ2) is 12.8. The van der Waals surface area contributed by atoms with E-state index < -0.39 is 39.9 Å². The van der Waals surface area contributed by atoms with Crippen LogP contribution in [0.4, 0.5) is 0 Å². The molecule has 1 aliphatic rings. The van der Waals surface area contributed by atoms with Crippen LogP contribution in [-0.2, 0) is 42.1 Å². The molecule has 194 valence electrons. The Kier molecular flexibility index (Phi) is 9.24. The highest BCUT2D eigenvalue weighted by Gasteiger charge is 2.32. The van der Waals surface area contributed by atoms with Crippen LogP contribution in [0.2, 0.25) is 0 Å². The lowest BCUT2D eigenvalue weighted by molar-refractivity contribution is -0.148. The van der Waals surface area contributed by atoms with Crippen LogP contribution in [0, 0.1) is 6.92 Å². The van der Waals surface area contributed by atoms with Gasteiger partial charge in [-0.15, -0.1) is 0 Å². The smallest absolute Gasteiger partial charge is 0.253 e. The number of ether oxygens (including phenoxy) is 3. The zero-order valence-electron chi connectivity index (χ0n) is 20.7. The van der Waals surface area contributed by atoms with Gasteiger partial charge in [0, 0.05) is 0 Å². The number of aryl methyl sites for hydroxylation is 1. The van der Waals surface area contributed by atoms with E-state index in [1.165, 1.54) is 12.1 Å². The molecule has 7 nitrogen and oxygen atoms in total. The standard InChI is InChI=1S/C29H31NO6S/c1-22-12-14-25(15-13-22)37(32,33)21-30-29(31)27-17-16-26(35-19-24-10-6-3-7-11-24)28(36-27)20-34-18-23-8-4-2-5-9-23/h2-17,26-28H,18-21H2,1H3,(H,30,31)/t26-,27?,28+/m0/s1. The molecular weight excluding hydrogens is 490 g/mol. The van der Waals surface area contributed by atoms with Gasteiger partial charge in [0.05, 0.1) is 24.7 Å². The number of carbonyl (C=O) groups excluding carboxylic acids is 1. The minimum Gasteiger partial charge on any atom is -0.374 e. The Morgan fingerprint density at radius 3 is 2.14 bits per heavy atom. The molecule has 1 aliphatic heterocycles. The van der Waals surface area contributed by atoms with Crippen molar-refractivity contribution in [3.05, 3.63) is 114 Å². The van der Waals surface area contributed by atoms with Gasteiger partial charge in [0.1, 0.15) is 18.1 Å². The Morgan fingerprint density at radius 2 is 1.49 bits per heavy atom.